The fourth-order valence-corrected chi connectivity index (χ4v) is 4.40. The highest BCUT2D eigenvalue weighted by molar-refractivity contribution is 7.99. The summed E-state index contributed by atoms with van der Waals surface area (Å²) < 4.78 is 43.5. The van der Waals surface area contributed by atoms with E-state index in [1.807, 2.05) is 31.2 Å². The zero-order chi connectivity index (χ0) is 25.9. The first-order valence-corrected chi connectivity index (χ1v) is 12.2. The van der Waals surface area contributed by atoms with Crippen molar-refractivity contribution in [3.8, 4) is 22.7 Å². The number of ether oxygens (including phenoxy) is 1. The SMILES string of the molecule is Cc1ccc(NC(=O)CSc2ncc(-c3ccc(Cl)c(Cl)c3)n2-c2ccc(OC(F)(F)F)cc2)cc1. The van der Waals surface area contributed by atoms with Crippen LogP contribution in [0.1, 0.15) is 5.56 Å². The van der Waals surface area contributed by atoms with Crippen molar-refractivity contribution in [2.24, 2.45) is 0 Å². The van der Waals surface area contributed by atoms with Crippen LogP contribution in [0.25, 0.3) is 16.9 Å². The molecule has 0 aliphatic rings. The van der Waals surface area contributed by atoms with Crippen LogP contribution in [0, 0.1) is 6.92 Å². The third kappa shape index (κ3) is 6.54. The van der Waals surface area contributed by atoms with Crippen LogP contribution >= 0.6 is 35.0 Å². The van der Waals surface area contributed by atoms with Gasteiger partial charge < -0.3 is 10.1 Å². The maximum absolute atomic E-state index is 12.6. The number of benzene rings is 3. The van der Waals surface area contributed by atoms with Gasteiger partial charge in [0.05, 0.1) is 27.7 Å². The van der Waals surface area contributed by atoms with Crippen molar-refractivity contribution in [1.29, 1.82) is 0 Å². The number of anilines is 1. The Bertz CT molecular complexity index is 1380. The van der Waals surface area contributed by atoms with Crippen LogP contribution in [0.5, 0.6) is 5.75 Å². The highest BCUT2D eigenvalue weighted by Crippen LogP contribution is 2.34. The van der Waals surface area contributed by atoms with Crippen molar-refractivity contribution < 1.29 is 22.7 Å². The predicted molar refractivity (Wildman–Crippen MR) is 136 cm³/mol. The summed E-state index contributed by atoms with van der Waals surface area (Å²) in [6, 6.07) is 17.8. The summed E-state index contributed by atoms with van der Waals surface area (Å²) in [5, 5.41) is 4.00. The van der Waals surface area contributed by atoms with Gasteiger partial charge in [-0.3, -0.25) is 9.36 Å². The molecule has 1 N–H and O–H groups in total. The number of imidazole rings is 1. The third-order valence-corrected chi connectivity index (χ3v) is 6.63. The number of nitrogens with zero attached hydrogens (tertiary/aromatic N) is 2. The number of nitrogens with one attached hydrogen (secondary N) is 1. The number of thioether (sulfide) groups is 1. The van der Waals surface area contributed by atoms with Crippen molar-refractivity contribution in [1.82, 2.24) is 9.55 Å². The fourth-order valence-electron chi connectivity index (χ4n) is 3.31. The number of amides is 1. The van der Waals surface area contributed by atoms with Crippen LogP contribution in [-0.4, -0.2) is 27.6 Å². The minimum Gasteiger partial charge on any atom is -0.406 e. The van der Waals surface area contributed by atoms with Gasteiger partial charge in [0.2, 0.25) is 5.91 Å². The molecule has 4 aromatic rings. The molecule has 0 aliphatic carbocycles. The van der Waals surface area contributed by atoms with Gasteiger partial charge in [-0.1, -0.05) is 58.7 Å². The van der Waals surface area contributed by atoms with E-state index < -0.39 is 6.36 Å². The summed E-state index contributed by atoms with van der Waals surface area (Å²) in [6.07, 6.45) is -3.20. The molecule has 0 spiro atoms. The largest absolute Gasteiger partial charge is 0.573 e. The Hall–Kier alpha value is -3.14. The lowest BCUT2D eigenvalue weighted by Crippen LogP contribution is -2.17. The van der Waals surface area contributed by atoms with E-state index >= 15 is 0 Å². The standard InChI is InChI=1S/C25H18Cl2F3N3O2S/c1-15-2-5-17(6-3-15)32-23(34)14-36-24-31-13-22(16-4-11-20(26)21(27)12-16)33(24)18-7-9-19(10-8-18)35-25(28,29)30/h2-13H,14H2,1H3,(H,32,34). The number of alkyl halides is 3. The topological polar surface area (TPSA) is 56.2 Å². The fraction of sp³-hybridized carbons (Fsp3) is 0.120. The summed E-state index contributed by atoms with van der Waals surface area (Å²) in [5.41, 5.74) is 3.56. The monoisotopic (exact) mass is 551 g/mol. The molecule has 0 saturated heterocycles. The summed E-state index contributed by atoms with van der Waals surface area (Å²) in [5.74, 6) is -0.529. The van der Waals surface area contributed by atoms with Gasteiger partial charge in [0.25, 0.3) is 0 Å². The molecule has 36 heavy (non-hydrogen) atoms. The van der Waals surface area contributed by atoms with Gasteiger partial charge >= 0.3 is 6.36 Å². The van der Waals surface area contributed by atoms with E-state index in [0.717, 1.165) is 5.56 Å². The molecule has 1 aromatic heterocycles. The lowest BCUT2D eigenvalue weighted by molar-refractivity contribution is -0.274. The molecule has 0 saturated carbocycles. The number of carbonyl (C=O) groups is 1. The number of hydrogen-bond acceptors (Lipinski definition) is 4. The van der Waals surface area contributed by atoms with E-state index in [1.165, 1.54) is 36.0 Å². The summed E-state index contributed by atoms with van der Waals surface area (Å²) >= 11 is 13.4. The Morgan fingerprint density at radius 2 is 1.72 bits per heavy atom. The average Bonchev–Trinajstić information content (AvgIpc) is 3.24. The Balaban J connectivity index is 1.62. The van der Waals surface area contributed by atoms with Gasteiger partial charge in [0.15, 0.2) is 5.16 Å². The minimum atomic E-state index is -4.80. The number of aryl methyl sites for hydroxylation is 1. The molecule has 0 aliphatic heterocycles. The number of rotatable bonds is 7. The van der Waals surface area contributed by atoms with E-state index in [-0.39, 0.29) is 17.4 Å². The molecule has 4 rings (SSSR count). The number of aromatic nitrogens is 2. The van der Waals surface area contributed by atoms with Gasteiger partial charge in [-0.2, -0.15) is 0 Å². The van der Waals surface area contributed by atoms with Gasteiger partial charge in [-0.25, -0.2) is 4.98 Å². The second-order valence-electron chi connectivity index (χ2n) is 7.63. The van der Waals surface area contributed by atoms with Crippen LogP contribution in [0.3, 0.4) is 0 Å². The molecule has 3 aromatic carbocycles. The number of hydrogen-bond donors (Lipinski definition) is 1. The highest BCUT2D eigenvalue weighted by atomic mass is 35.5. The number of carbonyl (C=O) groups excluding carboxylic acids is 1. The van der Waals surface area contributed by atoms with Gasteiger partial charge in [-0.15, -0.1) is 13.2 Å². The van der Waals surface area contributed by atoms with Crippen molar-refractivity contribution in [2.75, 3.05) is 11.1 Å². The molecular formula is C25H18Cl2F3N3O2S. The van der Waals surface area contributed by atoms with E-state index in [2.05, 4.69) is 15.0 Å². The van der Waals surface area contributed by atoms with E-state index in [4.69, 9.17) is 23.2 Å². The highest BCUT2D eigenvalue weighted by Gasteiger charge is 2.31. The summed E-state index contributed by atoms with van der Waals surface area (Å²) in [6.45, 7) is 1.95. The third-order valence-electron chi connectivity index (χ3n) is 4.94. The second kappa shape index (κ2) is 10.9. The van der Waals surface area contributed by atoms with Crippen LogP contribution in [0.15, 0.2) is 78.1 Å². The molecule has 0 radical (unpaired) electrons. The van der Waals surface area contributed by atoms with E-state index in [0.29, 0.717) is 37.8 Å². The molecule has 0 unspecified atom stereocenters. The Labute approximate surface area is 219 Å². The first-order chi connectivity index (χ1) is 17.1. The van der Waals surface area contributed by atoms with Crippen LogP contribution in [-0.2, 0) is 4.79 Å². The second-order valence-corrected chi connectivity index (χ2v) is 9.39. The summed E-state index contributed by atoms with van der Waals surface area (Å²) in [4.78, 5) is 17.0. The van der Waals surface area contributed by atoms with Crippen LogP contribution in [0.4, 0.5) is 18.9 Å². The first kappa shape index (κ1) is 25.9. The minimum absolute atomic E-state index is 0.0565. The van der Waals surface area contributed by atoms with E-state index in [1.54, 1.807) is 29.0 Å². The molecule has 1 amide bonds. The summed E-state index contributed by atoms with van der Waals surface area (Å²) in [7, 11) is 0. The van der Waals surface area contributed by atoms with E-state index in [9.17, 15) is 18.0 Å². The van der Waals surface area contributed by atoms with Crippen molar-refractivity contribution in [3.63, 3.8) is 0 Å². The molecular weight excluding hydrogens is 534 g/mol. The van der Waals surface area contributed by atoms with Crippen LogP contribution < -0.4 is 10.1 Å². The van der Waals surface area contributed by atoms with Gasteiger partial charge in [0, 0.05) is 16.9 Å². The van der Waals surface area contributed by atoms with Crippen molar-refractivity contribution >= 4 is 46.6 Å². The zero-order valence-electron chi connectivity index (χ0n) is 18.6. The maximum atomic E-state index is 12.6. The number of halogens is 5. The predicted octanol–water partition coefficient (Wildman–Crippen LogP) is 7.78. The lowest BCUT2D eigenvalue weighted by Gasteiger charge is -2.14. The Morgan fingerprint density at radius 3 is 2.36 bits per heavy atom. The molecule has 1 heterocycles. The quantitative estimate of drug-likeness (QED) is 0.238. The van der Waals surface area contributed by atoms with Gasteiger partial charge in [0.1, 0.15) is 5.75 Å². The smallest absolute Gasteiger partial charge is 0.406 e. The lowest BCUT2D eigenvalue weighted by atomic mass is 10.1. The van der Waals surface area contributed by atoms with Crippen molar-refractivity contribution in [2.45, 2.75) is 18.4 Å². The molecule has 0 bridgehead atoms. The maximum Gasteiger partial charge on any atom is 0.573 e. The average molecular weight is 552 g/mol. The molecule has 0 atom stereocenters. The van der Waals surface area contributed by atoms with Crippen molar-refractivity contribution in [3.05, 3.63) is 88.5 Å². The first-order valence-electron chi connectivity index (χ1n) is 10.5. The molecule has 5 nitrogen and oxygen atoms in total. The van der Waals surface area contributed by atoms with Crippen LogP contribution in [0.2, 0.25) is 10.0 Å². The molecule has 11 heteroatoms. The zero-order valence-corrected chi connectivity index (χ0v) is 21.0. The van der Waals surface area contributed by atoms with Gasteiger partial charge in [-0.05, 0) is 55.5 Å². The normalized spacial score (nSPS) is 11.4. The molecule has 186 valence electrons. The molecule has 0 fully saturated rings. The Kier molecular flexibility index (Phi) is 7.82. The Morgan fingerprint density at radius 1 is 1.03 bits per heavy atom.